The Kier molecular flexibility index (Phi) is 5.42. The third-order valence-corrected chi connectivity index (χ3v) is 4.43. The molecule has 1 N–H and O–H groups in total. The highest BCUT2D eigenvalue weighted by Crippen LogP contribution is 2.23. The van der Waals surface area contributed by atoms with Gasteiger partial charge >= 0.3 is 11.7 Å². The number of piperidine rings is 1. The highest BCUT2D eigenvalue weighted by molar-refractivity contribution is 5.90. The molecule has 0 saturated carbocycles. The van der Waals surface area contributed by atoms with Crippen molar-refractivity contribution < 1.29 is 9.53 Å². The quantitative estimate of drug-likeness (QED) is 0.836. The van der Waals surface area contributed by atoms with Crippen LogP contribution in [0.25, 0.3) is 0 Å². The number of pyridine rings is 1. The maximum absolute atomic E-state index is 12.3. The van der Waals surface area contributed by atoms with E-state index < -0.39 is 5.69 Å². The zero-order valence-electron chi connectivity index (χ0n) is 14.3. The molecule has 1 saturated heterocycles. The van der Waals surface area contributed by atoms with Crippen molar-refractivity contribution in [1.29, 1.82) is 0 Å². The molecule has 0 spiro atoms. The molecule has 3 rings (SSSR count). The first kappa shape index (κ1) is 17.1. The van der Waals surface area contributed by atoms with Crippen LogP contribution in [0.15, 0.2) is 35.5 Å². The molecule has 1 atom stereocenters. The van der Waals surface area contributed by atoms with Crippen LogP contribution in [-0.4, -0.2) is 40.1 Å². The van der Waals surface area contributed by atoms with Crippen LogP contribution < -0.4 is 10.6 Å². The van der Waals surface area contributed by atoms with Gasteiger partial charge in [0.1, 0.15) is 5.82 Å². The second-order valence-electron chi connectivity index (χ2n) is 6.25. The first-order chi connectivity index (χ1) is 12.1. The van der Waals surface area contributed by atoms with E-state index in [0.717, 1.165) is 30.8 Å². The molecule has 3 heterocycles. The van der Waals surface area contributed by atoms with Crippen LogP contribution in [0.4, 0.5) is 5.82 Å². The van der Waals surface area contributed by atoms with Gasteiger partial charge in [0.15, 0.2) is 0 Å². The zero-order chi connectivity index (χ0) is 17.6. The first-order valence-electron chi connectivity index (χ1n) is 8.57. The Hall–Kier alpha value is -2.70. The Morgan fingerprint density at radius 3 is 3.04 bits per heavy atom. The molecule has 1 aliphatic rings. The van der Waals surface area contributed by atoms with Crippen molar-refractivity contribution in [3.63, 3.8) is 0 Å². The molecule has 2 aromatic heterocycles. The van der Waals surface area contributed by atoms with E-state index in [9.17, 15) is 9.59 Å². The van der Waals surface area contributed by atoms with Crippen molar-refractivity contribution in [2.75, 3.05) is 18.1 Å². The van der Waals surface area contributed by atoms with E-state index in [-0.39, 0.29) is 12.6 Å². The second-order valence-corrected chi connectivity index (χ2v) is 6.25. The number of aromatic nitrogens is 3. The third-order valence-electron chi connectivity index (χ3n) is 4.43. The number of hydrogen-bond donors (Lipinski definition) is 1. The van der Waals surface area contributed by atoms with Gasteiger partial charge in [-0.15, -0.1) is 0 Å². The monoisotopic (exact) mass is 342 g/mol. The van der Waals surface area contributed by atoms with Gasteiger partial charge < -0.3 is 14.6 Å². The van der Waals surface area contributed by atoms with E-state index in [1.165, 1.54) is 12.6 Å². The molecule has 0 aromatic carbocycles. The van der Waals surface area contributed by atoms with Crippen molar-refractivity contribution in [3.8, 4) is 0 Å². The molecule has 1 unspecified atom stereocenters. The Bertz CT molecular complexity index is 769. The normalized spacial score (nSPS) is 17.3. The first-order valence-corrected chi connectivity index (χ1v) is 8.57. The minimum absolute atomic E-state index is 0.227. The lowest BCUT2D eigenvalue weighted by Gasteiger charge is -2.34. The molecule has 0 bridgehead atoms. The molecule has 7 nitrogen and oxygen atoms in total. The summed E-state index contributed by atoms with van der Waals surface area (Å²) in [5.74, 6) is 0.456. The molecule has 1 aliphatic heterocycles. The van der Waals surface area contributed by atoms with Gasteiger partial charge in [-0.25, -0.2) is 19.6 Å². The van der Waals surface area contributed by atoms with Crippen LogP contribution in [0.2, 0.25) is 0 Å². The zero-order valence-corrected chi connectivity index (χ0v) is 14.3. The van der Waals surface area contributed by atoms with Gasteiger partial charge in [-0.2, -0.15) is 0 Å². The summed E-state index contributed by atoms with van der Waals surface area (Å²) < 4.78 is 5.33. The minimum Gasteiger partial charge on any atom is -0.462 e. The molecule has 25 heavy (non-hydrogen) atoms. The molecule has 0 aliphatic carbocycles. The number of H-pyrrole nitrogens is 1. The Balaban J connectivity index is 1.59. The lowest BCUT2D eigenvalue weighted by Crippen LogP contribution is -2.38. The molecule has 2 aromatic rings. The van der Waals surface area contributed by atoms with Gasteiger partial charge in [0.25, 0.3) is 0 Å². The summed E-state index contributed by atoms with van der Waals surface area (Å²) in [6, 6.07) is 3.90. The van der Waals surface area contributed by atoms with Gasteiger partial charge in [0.05, 0.1) is 12.2 Å². The van der Waals surface area contributed by atoms with Crippen LogP contribution in [-0.2, 0) is 11.2 Å². The fourth-order valence-electron chi connectivity index (χ4n) is 2.99. The summed E-state index contributed by atoms with van der Waals surface area (Å²) in [6.45, 7) is 3.38. The summed E-state index contributed by atoms with van der Waals surface area (Å²) in [6.07, 6.45) is 8.73. The summed E-state index contributed by atoms with van der Waals surface area (Å²) in [7, 11) is 0. The standard InChI is InChI=1S/C18H22N4O3/c1-13-4-2-3-8-22(13)16-10-15(5-7-19-16)17(23)25-9-6-14-11-20-18(24)21-12-14/h5,7,10-13H,2-4,6,8-9H2,1H3,(H,20,21,24). The van der Waals surface area contributed by atoms with Crippen LogP contribution in [0.3, 0.4) is 0 Å². The number of nitrogens with one attached hydrogen (secondary N) is 1. The van der Waals surface area contributed by atoms with E-state index in [1.54, 1.807) is 24.5 Å². The average molecular weight is 342 g/mol. The van der Waals surface area contributed by atoms with E-state index in [4.69, 9.17) is 4.74 Å². The molecule has 132 valence electrons. The highest BCUT2D eigenvalue weighted by Gasteiger charge is 2.20. The van der Waals surface area contributed by atoms with Crippen LogP contribution >= 0.6 is 0 Å². The van der Waals surface area contributed by atoms with Crippen molar-refractivity contribution in [2.45, 2.75) is 38.6 Å². The van der Waals surface area contributed by atoms with E-state index in [1.807, 2.05) is 0 Å². The highest BCUT2D eigenvalue weighted by atomic mass is 16.5. The maximum atomic E-state index is 12.3. The van der Waals surface area contributed by atoms with E-state index in [2.05, 4.69) is 26.8 Å². The van der Waals surface area contributed by atoms with Gasteiger partial charge in [-0.1, -0.05) is 0 Å². The topological polar surface area (TPSA) is 88.2 Å². The van der Waals surface area contributed by atoms with E-state index in [0.29, 0.717) is 18.0 Å². The number of aromatic amines is 1. The largest absolute Gasteiger partial charge is 0.462 e. The number of hydrogen-bond acceptors (Lipinski definition) is 6. The van der Waals surface area contributed by atoms with E-state index >= 15 is 0 Å². The summed E-state index contributed by atoms with van der Waals surface area (Å²) in [5.41, 5.74) is 0.921. The van der Waals surface area contributed by atoms with Gasteiger partial charge in [-0.3, -0.25) is 0 Å². The smallest absolute Gasteiger partial charge is 0.344 e. The molecule has 1 fully saturated rings. The molecule has 0 radical (unpaired) electrons. The number of esters is 1. The summed E-state index contributed by atoms with van der Waals surface area (Å²) in [5, 5.41) is 0. The number of carbonyl (C=O) groups is 1. The third kappa shape index (κ3) is 4.43. The summed E-state index contributed by atoms with van der Waals surface area (Å²) in [4.78, 5) is 36.0. The van der Waals surface area contributed by atoms with Crippen molar-refractivity contribution in [1.82, 2.24) is 15.0 Å². The van der Waals surface area contributed by atoms with Crippen molar-refractivity contribution >= 4 is 11.8 Å². The van der Waals surface area contributed by atoms with Crippen molar-refractivity contribution in [3.05, 3.63) is 52.3 Å². The SMILES string of the molecule is CC1CCCCN1c1cc(C(=O)OCCc2cnc(=O)[nH]c2)ccn1. The fraction of sp³-hybridized carbons (Fsp3) is 0.444. The number of carbonyl (C=O) groups excluding carboxylic acids is 1. The second kappa shape index (κ2) is 7.92. The van der Waals surface area contributed by atoms with Crippen LogP contribution in [0.5, 0.6) is 0 Å². The maximum Gasteiger partial charge on any atom is 0.344 e. The van der Waals surface area contributed by atoms with Gasteiger partial charge in [-0.05, 0) is 43.9 Å². The Morgan fingerprint density at radius 1 is 1.40 bits per heavy atom. The minimum atomic E-state index is -0.392. The van der Waals surface area contributed by atoms with Gasteiger partial charge in [0.2, 0.25) is 0 Å². The predicted molar refractivity (Wildman–Crippen MR) is 93.7 cm³/mol. The van der Waals surface area contributed by atoms with Crippen molar-refractivity contribution in [2.24, 2.45) is 0 Å². The molecule has 0 amide bonds. The molecule has 7 heteroatoms. The molecular weight excluding hydrogens is 320 g/mol. The fourth-order valence-corrected chi connectivity index (χ4v) is 2.99. The summed E-state index contributed by atoms with van der Waals surface area (Å²) >= 11 is 0. The van der Waals surface area contributed by atoms with Gasteiger partial charge in [0, 0.05) is 37.6 Å². The molecular formula is C18H22N4O3. The van der Waals surface area contributed by atoms with Crippen LogP contribution in [0, 0.1) is 0 Å². The Labute approximate surface area is 146 Å². The lowest BCUT2D eigenvalue weighted by molar-refractivity contribution is 0.0509. The average Bonchev–Trinajstić information content (AvgIpc) is 2.64. The number of ether oxygens (including phenoxy) is 1. The number of nitrogens with zero attached hydrogens (tertiary/aromatic N) is 3. The Morgan fingerprint density at radius 2 is 2.28 bits per heavy atom. The number of rotatable bonds is 5. The number of anilines is 1. The predicted octanol–water partition coefficient (Wildman–Crippen LogP) is 1.94. The lowest BCUT2D eigenvalue weighted by atomic mass is 10.0. The van der Waals surface area contributed by atoms with Crippen LogP contribution in [0.1, 0.15) is 42.1 Å².